The van der Waals surface area contributed by atoms with Gasteiger partial charge in [0.05, 0.1) is 0 Å². The maximum Gasteiger partial charge on any atom is 0.223 e. The molecule has 0 aliphatic heterocycles. The molecule has 0 saturated carbocycles. The fourth-order valence-electron chi connectivity index (χ4n) is 2.27. The second-order valence-electron chi connectivity index (χ2n) is 5.91. The van der Waals surface area contributed by atoms with Gasteiger partial charge in [0.25, 0.3) is 0 Å². The largest absolute Gasteiger partial charge is 0.338 e. The lowest BCUT2D eigenvalue weighted by molar-refractivity contribution is -0.134. The van der Waals surface area contributed by atoms with Crippen LogP contribution < -0.4 is 5.32 Å². The molecule has 0 aliphatic rings. The number of hydrogen-bond acceptors (Lipinski definition) is 2. The summed E-state index contributed by atoms with van der Waals surface area (Å²) in [6.07, 6.45) is 4.00. The molecule has 0 spiro atoms. The normalized spacial score (nSPS) is 11.6. The smallest absolute Gasteiger partial charge is 0.223 e. The minimum atomic E-state index is 0.303. The third-order valence-corrected chi connectivity index (χ3v) is 3.02. The van der Waals surface area contributed by atoms with Gasteiger partial charge in [-0.25, -0.2) is 0 Å². The SMILES string of the molecule is CC(C)NCCCCCC(=O)N(C(C)C)C(C)C. The minimum Gasteiger partial charge on any atom is -0.338 e. The van der Waals surface area contributed by atoms with E-state index in [0.29, 0.717) is 30.5 Å². The van der Waals surface area contributed by atoms with Crippen LogP contribution in [0.5, 0.6) is 0 Å². The summed E-state index contributed by atoms with van der Waals surface area (Å²) in [6.45, 7) is 13.7. The third-order valence-electron chi connectivity index (χ3n) is 3.02. The summed E-state index contributed by atoms with van der Waals surface area (Å²) < 4.78 is 0. The monoisotopic (exact) mass is 256 g/mol. The molecule has 0 rings (SSSR count). The van der Waals surface area contributed by atoms with Gasteiger partial charge in [-0.05, 0) is 47.1 Å². The van der Waals surface area contributed by atoms with Gasteiger partial charge in [-0.2, -0.15) is 0 Å². The average molecular weight is 256 g/mol. The zero-order chi connectivity index (χ0) is 14.1. The molecule has 0 aromatic rings. The molecule has 0 saturated heterocycles. The van der Waals surface area contributed by atoms with Crippen LogP contribution in [0.3, 0.4) is 0 Å². The highest BCUT2D eigenvalue weighted by Crippen LogP contribution is 2.10. The van der Waals surface area contributed by atoms with Crippen LogP contribution in [0.2, 0.25) is 0 Å². The van der Waals surface area contributed by atoms with E-state index >= 15 is 0 Å². The van der Waals surface area contributed by atoms with Crippen LogP contribution in [0.25, 0.3) is 0 Å². The van der Waals surface area contributed by atoms with Crippen molar-refractivity contribution in [3.8, 4) is 0 Å². The van der Waals surface area contributed by atoms with Crippen molar-refractivity contribution in [3.63, 3.8) is 0 Å². The third kappa shape index (κ3) is 7.70. The molecule has 0 atom stereocenters. The van der Waals surface area contributed by atoms with Crippen molar-refractivity contribution in [2.75, 3.05) is 6.54 Å². The van der Waals surface area contributed by atoms with E-state index in [-0.39, 0.29) is 0 Å². The van der Waals surface area contributed by atoms with Crippen molar-refractivity contribution in [2.24, 2.45) is 0 Å². The molecule has 0 aromatic carbocycles. The summed E-state index contributed by atoms with van der Waals surface area (Å²) >= 11 is 0. The second kappa shape index (κ2) is 9.37. The predicted molar refractivity (Wildman–Crippen MR) is 78.7 cm³/mol. The summed E-state index contributed by atoms with van der Waals surface area (Å²) in [7, 11) is 0. The predicted octanol–water partition coefficient (Wildman–Crippen LogP) is 3.19. The Morgan fingerprint density at radius 2 is 1.50 bits per heavy atom. The van der Waals surface area contributed by atoms with Crippen molar-refractivity contribution in [3.05, 3.63) is 0 Å². The highest BCUT2D eigenvalue weighted by atomic mass is 16.2. The highest BCUT2D eigenvalue weighted by Gasteiger charge is 2.18. The number of nitrogens with one attached hydrogen (secondary N) is 1. The molecule has 0 heterocycles. The lowest BCUT2D eigenvalue weighted by Crippen LogP contribution is -2.41. The van der Waals surface area contributed by atoms with Crippen molar-refractivity contribution in [2.45, 2.75) is 85.4 Å². The Labute approximate surface area is 113 Å². The first-order chi connectivity index (χ1) is 8.36. The van der Waals surface area contributed by atoms with E-state index in [1.54, 1.807) is 0 Å². The standard InChI is InChI=1S/C15H32N2O/c1-12(2)16-11-9-7-8-10-15(18)17(13(3)4)14(5)6/h12-14,16H,7-11H2,1-6H3. The number of carbonyl (C=O) groups excluding carboxylic acids is 1. The number of carbonyl (C=O) groups is 1. The molecule has 0 aliphatic carbocycles. The Morgan fingerprint density at radius 3 is 1.94 bits per heavy atom. The maximum absolute atomic E-state index is 12.1. The number of rotatable bonds is 9. The Morgan fingerprint density at radius 1 is 0.944 bits per heavy atom. The van der Waals surface area contributed by atoms with Crippen molar-refractivity contribution < 1.29 is 4.79 Å². The minimum absolute atomic E-state index is 0.303. The fourth-order valence-corrected chi connectivity index (χ4v) is 2.27. The topological polar surface area (TPSA) is 32.3 Å². The van der Waals surface area contributed by atoms with Crippen molar-refractivity contribution >= 4 is 5.91 Å². The van der Waals surface area contributed by atoms with Gasteiger partial charge in [0, 0.05) is 24.5 Å². The van der Waals surface area contributed by atoms with E-state index in [4.69, 9.17) is 0 Å². The van der Waals surface area contributed by atoms with Crippen LogP contribution in [0.4, 0.5) is 0 Å². The van der Waals surface area contributed by atoms with Crippen molar-refractivity contribution in [1.82, 2.24) is 10.2 Å². The van der Waals surface area contributed by atoms with Crippen LogP contribution >= 0.6 is 0 Å². The summed E-state index contributed by atoms with van der Waals surface area (Å²) in [4.78, 5) is 14.1. The number of amides is 1. The average Bonchev–Trinajstić information content (AvgIpc) is 2.21. The molecule has 1 amide bonds. The molecule has 1 N–H and O–H groups in total. The number of nitrogens with zero attached hydrogens (tertiary/aromatic N) is 1. The first-order valence-electron chi connectivity index (χ1n) is 7.40. The van der Waals surface area contributed by atoms with Crippen LogP contribution in [0.15, 0.2) is 0 Å². The van der Waals surface area contributed by atoms with Gasteiger partial charge in [-0.15, -0.1) is 0 Å². The van der Waals surface area contributed by atoms with Crippen molar-refractivity contribution in [1.29, 1.82) is 0 Å². The molecule has 18 heavy (non-hydrogen) atoms. The Bertz CT molecular complexity index is 217. The molecular weight excluding hydrogens is 224 g/mol. The second-order valence-corrected chi connectivity index (χ2v) is 5.91. The van der Waals surface area contributed by atoms with Gasteiger partial charge >= 0.3 is 0 Å². The molecule has 0 radical (unpaired) electrons. The lowest BCUT2D eigenvalue weighted by atomic mass is 10.1. The van der Waals surface area contributed by atoms with Gasteiger partial charge in [0.15, 0.2) is 0 Å². The van der Waals surface area contributed by atoms with E-state index in [2.05, 4.69) is 46.9 Å². The van der Waals surface area contributed by atoms with Gasteiger partial charge < -0.3 is 10.2 Å². The van der Waals surface area contributed by atoms with Gasteiger partial charge in [-0.1, -0.05) is 20.3 Å². The summed E-state index contributed by atoms with van der Waals surface area (Å²) in [5.74, 6) is 0.303. The first kappa shape index (κ1) is 17.4. The van der Waals surface area contributed by atoms with Gasteiger partial charge in [-0.3, -0.25) is 4.79 Å². The fraction of sp³-hybridized carbons (Fsp3) is 0.933. The molecule has 0 fully saturated rings. The Balaban J connectivity index is 3.75. The number of hydrogen-bond donors (Lipinski definition) is 1. The quantitative estimate of drug-likeness (QED) is 0.643. The molecule has 0 bridgehead atoms. The first-order valence-corrected chi connectivity index (χ1v) is 7.40. The molecule has 3 nitrogen and oxygen atoms in total. The summed E-state index contributed by atoms with van der Waals surface area (Å²) in [6, 6.07) is 1.17. The summed E-state index contributed by atoms with van der Waals surface area (Å²) in [5.41, 5.74) is 0. The van der Waals surface area contributed by atoms with E-state index < -0.39 is 0 Å². The highest BCUT2D eigenvalue weighted by molar-refractivity contribution is 5.76. The molecule has 0 unspecified atom stereocenters. The Hall–Kier alpha value is -0.570. The van der Waals surface area contributed by atoms with Crippen LogP contribution in [0, 0.1) is 0 Å². The summed E-state index contributed by atoms with van der Waals surface area (Å²) in [5, 5.41) is 3.40. The van der Waals surface area contributed by atoms with E-state index in [1.165, 1.54) is 0 Å². The Kier molecular flexibility index (Phi) is 9.08. The van der Waals surface area contributed by atoms with E-state index in [1.807, 2.05) is 4.90 Å². The van der Waals surface area contributed by atoms with Gasteiger partial charge in [0.1, 0.15) is 0 Å². The zero-order valence-corrected chi connectivity index (χ0v) is 13.1. The van der Waals surface area contributed by atoms with E-state index in [9.17, 15) is 4.79 Å². The van der Waals surface area contributed by atoms with E-state index in [0.717, 1.165) is 25.8 Å². The molecule has 0 aromatic heterocycles. The maximum atomic E-state index is 12.1. The van der Waals surface area contributed by atoms with Crippen LogP contribution in [0.1, 0.15) is 67.2 Å². The molecular formula is C15H32N2O. The molecule has 3 heteroatoms. The lowest BCUT2D eigenvalue weighted by Gasteiger charge is -2.30. The zero-order valence-electron chi connectivity index (χ0n) is 13.1. The van der Waals surface area contributed by atoms with Crippen LogP contribution in [-0.4, -0.2) is 35.5 Å². The molecule has 108 valence electrons. The number of unbranched alkanes of at least 4 members (excludes halogenated alkanes) is 2. The van der Waals surface area contributed by atoms with Crippen LogP contribution in [-0.2, 0) is 4.79 Å². The van der Waals surface area contributed by atoms with Gasteiger partial charge in [0.2, 0.25) is 5.91 Å².